The van der Waals surface area contributed by atoms with E-state index in [1.807, 2.05) is 0 Å². The fraction of sp³-hybridized carbons (Fsp3) is 0.444. The van der Waals surface area contributed by atoms with E-state index in [1.54, 1.807) is 18.5 Å². The molecule has 1 saturated heterocycles. The average Bonchev–Trinajstić information content (AvgIpc) is 2.20. The Morgan fingerprint density at radius 2 is 2.31 bits per heavy atom. The molecule has 0 bridgehead atoms. The molecule has 1 unspecified atom stereocenters. The van der Waals surface area contributed by atoms with E-state index in [1.165, 1.54) is 0 Å². The topological polar surface area (TPSA) is 56.9 Å². The van der Waals surface area contributed by atoms with Gasteiger partial charge in [0.1, 0.15) is 0 Å². The van der Waals surface area contributed by atoms with E-state index in [2.05, 4.69) is 15.6 Å². The average molecular weight is 179 g/mol. The molecule has 1 aromatic heterocycles. The molecule has 3 N–H and O–H groups in total. The molecule has 1 atom stereocenters. The molecule has 4 nitrogen and oxygen atoms in total. The van der Waals surface area contributed by atoms with Gasteiger partial charge in [-0.25, -0.2) is 0 Å². The summed E-state index contributed by atoms with van der Waals surface area (Å²) in [6.45, 7) is 2.72. The highest BCUT2D eigenvalue weighted by Crippen LogP contribution is 2.06. The molecule has 0 amide bonds. The van der Waals surface area contributed by atoms with Crippen LogP contribution in [0.25, 0.3) is 0 Å². The van der Waals surface area contributed by atoms with Gasteiger partial charge in [-0.15, -0.1) is 0 Å². The van der Waals surface area contributed by atoms with E-state index in [0.29, 0.717) is 0 Å². The number of piperazine rings is 1. The van der Waals surface area contributed by atoms with Gasteiger partial charge in [-0.1, -0.05) is 0 Å². The maximum atomic E-state index is 11.4. The third kappa shape index (κ3) is 1.79. The third-order valence-corrected chi connectivity index (χ3v) is 2.27. The molecular formula is C9H13N3O. The van der Waals surface area contributed by atoms with Gasteiger partial charge >= 0.3 is 0 Å². The fourth-order valence-corrected chi connectivity index (χ4v) is 1.57. The Labute approximate surface area is 76.4 Å². The van der Waals surface area contributed by atoms with Gasteiger partial charge in [0.15, 0.2) is 5.43 Å². The van der Waals surface area contributed by atoms with E-state index in [-0.39, 0.29) is 11.5 Å². The highest BCUT2D eigenvalue weighted by Gasteiger charge is 2.15. The standard InChI is InChI=1S/C9H13N3O/c13-9-1-2-10-5-7(9)8-6-11-3-4-12-8/h1-2,5,8,11-12H,3-4,6H2,(H,10,13). The number of aromatic nitrogens is 1. The zero-order valence-electron chi connectivity index (χ0n) is 7.34. The highest BCUT2D eigenvalue weighted by atomic mass is 16.1. The lowest BCUT2D eigenvalue weighted by Crippen LogP contribution is -2.44. The Morgan fingerprint density at radius 3 is 3.00 bits per heavy atom. The first-order valence-electron chi connectivity index (χ1n) is 4.49. The van der Waals surface area contributed by atoms with Crippen LogP contribution in [0.15, 0.2) is 23.3 Å². The van der Waals surface area contributed by atoms with Crippen molar-refractivity contribution in [1.82, 2.24) is 15.6 Å². The number of pyridine rings is 1. The van der Waals surface area contributed by atoms with Gasteiger partial charge in [0, 0.05) is 43.7 Å². The zero-order valence-corrected chi connectivity index (χ0v) is 7.34. The molecule has 2 heterocycles. The summed E-state index contributed by atoms with van der Waals surface area (Å²) in [6, 6.07) is 1.71. The van der Waals surface area contributed by atoms with Crippen molar-refractivity contribution in [2.24, 2.45) is 0 Å². The normalized spacial score (nSPS) is 22.9. The van der Waals surface area contributed by atoms with Crippen molar-refractivity contribution in [2.75, 3.05) is 19.6 Å². The summed E-state index contributed by atoms with van der Waals surface area (Å²) in [5.74, 6) is 0. The number of hydrogen-bond acceptors (Lipinski definition) is 3. The lowest BCUT2D eigenvalue weighted by Gasteiger charge is -2.23. The van der Waals surface area contributed by atoms with Crippen LogP contribution < -0.4 is 16.1 Å². The summed E-state index contributed by atoms with van der Waals surface area (Å²) in [7, 11) is 0. The summed E-state index contributed by atoms with van der Waals surface area (Å²) >= 11 is 0. The molecule has 4 heteroatoms. The summed E-state index contributed by atoms with van der Waals surface area (Å²) < 4.78 is 0. The molecule has 0 spiro atoms. The zero-order chi connectivity index (χ0) is 9.10. The lowest BCUT2D eigenvalue weighted by atomic mass is 10.1. The second kappa shape index (κ2) is 3.72. The first-order chi connectivity index (χ1) is 6.38. The van der Waals surface area contributed by atoms with Crippen molar-refractivity contribution in [3.05, 3.63) is 34.2 Å². The summed E-state index contributed by atoms with van der Waals surface area (Å²) in [5.41, 5.74) is 0.912. The second-order valence-corrected chi connectivity index (χ2v) is 3.17. The maximum absolute atomic E-state index is 11.4. The van der Waals surface area contributed by atoms with Crippen molar-refractivity contribution in [1.29, 1.82) is 0 Å². The van der Waals surface area contributed by atoms with Gasteiger partial charge in [0.05, 0.1) is 6.04 Å². The van der Waals surface area contributed by atoms with E-state index >= 15 is 0 Å². The smallest absolute Gasteiger partial charge is 0.186 e. The Kier molecular flexibility index (Phi) is 2.42. The predicted molar refractivity (Wildman–Crippen MR) is 50.7 cm³/mol. The van der Waals surface area contributed by atoms with Crippen LogP contribution >= 0.6 is 0 Å². The minimum absolute atomic E-state index is 0.0972. The predicted octanol–water partition coefficient (Wildman–Crippen LogP) is -0.391. The van der Waals surface area contributed by atoms with Crippen LogP contribution in [-0.4, -0.2) is 24.6 Å². The molecule has 1 fully saturated rings. The Morgan fingerprint density at radius 1 is 1.38 bits per heavy atom. The number of nitrogens with one attached hydrogen (secondary N) is 3. The van der Waals surface area contributed by atoms with Crippen LogP contribution in [0.3, 0.4) is 0 Å². The summed E-state index contributed by atoms with van der Waals surface area (Å²) in [5, 5.41) is 6.54. The molecule has 1 aliphatic heterocycles. The fourth-order valence-electron chi connectivity index (χ4n) is 1.57. The minimum atomic E-state index is 0.0972. The molecule has 1 aromatic rings. The van der Waals surface area contributed by atoms with Crippen LogP contribution in [0, 0.1) is 0 Å². The molecule has 2 rings (SSSR count). The van der Waals surface area contributed by atoms with Crippen LogP contribution in [0.4, 0.5) is 0 Å². The molecule has 0 saturated carbocycles. The molecule has 0 aliphatic carbocycles. The summed E-state index contributed by atoms with van der Waals surface area (Å²) in [4.78, 5) is 14.4. The molecule has 70 valence electrons. The monoisotopic (exact) mass is 179 g/mol. The first kappa shape index (κ1) is 8.47. The number of hydrogen-bond donors (Lipinski definition) is 3. The maximum Gasteiger partial charge on any atom is 0.186 e. The van der Waals surface area contributed by atoms with Crippen LogP contribution in [0.2, 0.25) is 0 Å². The number of aromatic amines is 1. The van der Waals surface area contributed by atoms with E-state index in [4.69, 9.17) is 0 Å². The molecular weight excluding hydrogens is 166 g/mol. The minimum Gasteiger partial charge on any atom is -0.367 e. The SMILES string of the molecule is O=c1cc[nH]cc1C1CNCCN1. The first-order valence-corrected chi connectivity index (χ1v) is 4.49. The van der Waals surface area contributed by atoms with Crippen molar-refractivity contribution in [3.63, 3.8) is 0 Å². The molecule has 0 radical (unpaired) electrons. The molecule has 0 aromatic carbocycles. The van der Waals surface area contributed by atoms with Gasteiger partial charge in [-0.05, 0) is 0 Å². The van der Waals surface area contributed by atoms with Crippen molar-refractivity contribution in [2.45, 2.75) is 6.04 Å². The highest BCUT2D eigenvalue weighted by molar-refractivity contribution is 5.15. The van der Waals surface area contributed by atoms with Crippen LogP contribution in [-0.2, 0) is 0 Å². The number of H-pyrrole nitrogens is 1. The van der Waals surface area contributed by atoms with Crippen LogP contribution in [0.1, 0.15) is 11.6 Å². The lowest BCUT2D eigenvalue weighted by molar-refractivity contribution is 0.428. The van der Waals surface area contributed by atoms with Crippen molar-refractivity contribution < 1.29 is 0 Å². The van der Waals surface area contributed by atoms with Gasteiger partial charge in [-0.2, -0.15) is 0 Å². The van der Waals surface area contributed by atoms with Crippen molar-refractivity contribution >= 4 is 0 Å². The molecule has 1 aliphatic rings. The largest absolute Gasteiger partial charge is 0.367 e. The van der Waals surface area contributed by atoms with Gasteiger partial charge < -0.3 is 15.6 Å². The van der Waals surface area contributed by atoms with Gasteiger partial charge in [0.25, 0.3) is 0 Å². The molecule has 13 heavy (non-hydrogen) atoms. The Hall–Kier alpha value is -1.13. The van der Waals surface area contributed by atoms with Crippen LogP contribution in [0.5, 0.6) is 0 Å². The van der Waals surface area contributed by atoms with Crippen molar-refractivity contribution in [3.8, 4) is 0 Å². The quantitative estimate of drug-likeness (QED) is 0.550. The van der Waals surface area contributed by atoms with Gasteiger partial charge in [0.2, 0.25) is 0 Å². The Balaban J connectivity index is 2.24. The van der Waals surface area contributed by atoms with E-state index in [0.717, 1.165) is 25.2 Å². The number of rotatable bonds is 1. The Bertz CT molecular complexity index is 328. The third-order valence-electron chi connectivity index (χ3n) is 2.27. The van der Waals surface area contributed by atoms with E-state index < -0.39 is 0 Å². The summed E-state index contributed by atoms with van der Waals surface area (Å²) in [6.07, 6.45) is 3.43. The van der Waals surface area contributed by atoms with Gasteiger partial charge in [-0.3, -0.25) is 4.79 Å². The second-order valence-electron chi connectivity index (χ2n) is 3.17. The van der Waals surface area contributed by atoms with E-state index in [9.17, 15) is 4.79 Å².